The van der Waals surface area contributed by atoms with E-state index in [1.807, 2.05) is 19.9 Å². The molecular formula is C18H20N6O3. The molecule has 9 heteroatoms. The molecule has 4 amide bonds. The van der Waals surface area contributed by atoms with E-state index in [9.17, 15) is 9.59 Å². The highest BCUT2D eigenvalue weighted by Crippen LogP contribution is 2.21. The van der Waals surface area contributed by atoms with Crippen molar-refractivity contribution in [1.82, 2.24) is 20.6 Å². The number of imide groups is 1. The van der Waals surface area contributed by atoms with Gasteiger partial charge < -0.3 is 10.1 Å². The maximum Gasteiger partial charge on any atom is 0.329 e. The van der Waals surface area contributed by atoms with Crippen molar-refractivity contribution in [3.05, 3.63) is 41.6 Å². The molecule has 2 aromatic rings. The molecule has 0 bridgehead atoms. The third-order valence-corrected chi connectivity index (χ3v) is 3.16. The minimum Gasteiger partial charge on any atom is -0.439 e. The van der Waals surface area contributed by atoms with Gasteiger partial charge in [0, 0.05) is 18.3 Å². The zero-order valence-corrected chi connectivity index (χ0v) is 15.2. The molecule has 27 heavy (non-hydrogen) atoms. The number of rotatable bonds is 5. The van der Waals surface area contributed by atoms with Crippen molar-refractivity contribution in [2.45, 2.75) is 20.8 Å². The number of ether oxygens (including phenoxy) is 1. The molecule has 0 fully saturated rings. The SMILES string of the molecule is Cc1cc(Oc2ccc(C#N)cc2)nc(NC(=O)NC(=O)NCC(C)C)n1. The summed E-state index contributed by atoms with van der Waals surface area (Å²) in [5, 5.41) is 15.9. The number of amides is 4. The van der Waals surface area contributed by atoms with E-state index >= 15 is 0 Å². The number of nitrogens with zero attached hydrogens (tertiary/aromatic N) is 3. The Morgan fingerprint density at radius 2 is 1.89 bits per heavy atom. The molecule has 1 aromatic carbocycles. The average molecular weight is 368 g/mol. The first-order chi connectivity index (χ1) is 12.9. The molecule has 3 N–H and O–H groups in total. The van der Waals surface area contributed by atoms with E-state index in [1.54, 1.807) is 37.3 Å². The van der Waals surface area contributed by atoms with E-state index in [2.05, 4.69) is 25.9 Å². The number of benzene rings is 1. The predicted octanol–water partition coefficient (Wildman–Crippen LogP) is 2.94. The summed E-state index contributed by atoms with van der Waals surface area (Å²) in [6, 6.07) is 8.75. The zero-order chi connectivity index (χ0) is 19.8. The second kappa shape index (κ2) is 9.15. The van der Waals surface area contributed by atoms with Crippen LogP contribution in [0.25, 0.3) is 0 Å². The van der Waals surface area contributed by atoms with Crippen molar-refractivity contribution < 1.29 is 14.3 Å². The summed E-state index contributed by atoms with van der Waals surface area (Å²) >= 11 is 0. The van der Waals surface area contributed by atoms with Crippen LogP contribution in [-0.4, -0.2) is 28.6 Å². The number of carbonyl (C=O) groups is 2. The van der Waals surface area contributed by atoms with Crippen LogP contribution in [0, 0.1) is 24.2 Å². The van der Waals surface area contributed by atoms with Gasteiger partial charge in [0.05, 0.1) is 11.6 Å². The normalized spacial score (nSPS) is 10.0. The average Bonchev–Trinajstić information content (AvgIpc) is 2.60. The van der Waals surface area contributed by atoms with E-state index < -0.39 is 12.1 Å². The summed E-state index contributed by atoms with van der Waals surface area (Å²) in [5.41, 5.74) is 1.07. The molecule has 140 valence electrons. The van der Waals surface area contributed by atoms with E-state index in [-0.39, 0.29) is 17.7 Å². The fourth-order valence-electron chi connectivity index (χ4n) is 1.94. The standard InChI is InChI=1S/C18H20N6O3/c1-11(2)10-20-17(25)24-18(26)23-16-21-12(3)8-15(22-16)27-14-6-4-13(9-19)5-7-14/h4-8,11H,10H2,1-3H3,(H3,20,21,22,23,24,25,26). The molecule has 0 spiro atoms. The van der Waals surface area contributed by atoms with Crippen LogP contribution in [0.4, 0.5) is 15.5 Å². The predicted molar refractivity (Wildman–Crippen MR) is 98.4 cm³/mol. The van der Waals surface area contributed by atoms with Crippen molar-refractivity contribution in [2.75, 3.05) is 11.9 Å². The van der Waals surface area contributed by atoms with E-state index in [0.717, 1.165) is 0 Å². The highest BCUT2D eigenvalue weighted by molar-refractivity contribution is 5.99. The van der Waals surface area contributed by atoms with Crippen LogP contribution in [0.1, 0.15) is 25.1 Å². The quantitative estimate of drug-likeness (QED) is 0.744. The van der Waals surface area contributed by atoms with E-state index in [0.29, 0.717) is 23.6 Å². The molecular weight excluding hydrogens is 348 g/mol. The van der Waals surface area contributed by atoms with Gasteiger partial charge in [-0.15, -0.1) is 0 Å². The van der Waals surface area contributed by atoms with Gasteiger partial charge in [-0.25, -0.2) is 14.6 Å². The topological polar surface area (TPSA) is 129 Å². The van der Waals surface area contributed by atoms with Gasteiger partial charge in [0.15, 0.2) is 0 Å². The Morgan fingerprint density at radius 3 is 2.52 bits per heavy atom. The summed E-state index contributed by atoms with van der Waals surface area (Å²) in [7, 11) is 0. The molecule has 0 atom stereocenters. The van der Waals surface area contributed by atoms with Crippen molar-refractivity contribution in [3.8, 4) is 17.7 Å². The number of hydrogen-bond acceptors (Lipinski definition) is 6. The van der Waals surface area contributed by atoms with Crippen molar-refractivity contribution >= 4 is 18.0 Å². The molecule has 0 aliphatic heterocycles. The van der Waals surface area contributed by atoms with Crippen LogP contribution in [0.5, 0.6) is 11.6 Å². The fourth-order valence-corrected chi connectivity index (χ4v) is 1.94. The largest absolute Gasteiger partial charge is 0.439 e. The van der Waals surface area contributed by atoms with Crippen molar-refractivity contribution in [2.24, 2.45) is 5.92 Å². The molecule has 0 aliphatic carbocycles. The van der Waals surface area contributed by atoms with Crippen LogP contribution in [0.2, 0.25) is 0 Å². The summed E-state index contributed by atoms with van der Waals surface area (Å²) in [5.74, 6) is 0.955. The Kier molecular flexibility index (Phi) is 6.66. The van der Waals surface area contributed by atoms with Gasteiger partial charge in [-0.1, -0.05) is 13.8 Å². The molecule has 1 heterocycles. The Labute approximate surface area is 156 Å². The molecule has 0 saturated heterocycles. The van der Waals surface area contributed by atoms with Gasteiger partial charge in [0.25, 0.3) is 0 Å². The highest BCUT2D eigenvalue weighted by atomic mass is 16.5. The molecule has 2 rings (SSSR count). The third-order valence-electron chi connectivity index (χ3n) is 3.16. The molecule has 0 radical (unpaired) electrons. The van der Waals surface area contributed by atoms with Crippen LogP contribution < -0.4 is 20.7 Å². The lowest BCUT2D eigenvalue weighted by atomic mass is 10.2. The molecule has 1 aromatic heterocycles. The second-order valence-corrected chi connectivity index (χ2v) is 6.09. The molecule has 9 nitrogen and oxygen atoms in total. The first-order valence-electron chi connectivity index (χ1n) is 8.25. The minimum atomic E-state index is -0.758. The Morgan fingerprint density at radius 1 is 1.19 bits per heavy atom. The van der Waals surface area contributed by atoms with Gasteiger partial charge >= 0.3 is 12.1 Å². The van der Waals surface area contributed by atoms with Crippen molar-refractivity contribution in [3.63, 3.8) is 0 Å². The summed E-state index contributed by atoms with van der Waals surface area (Å²) in [6.07, 6.45) is 0. The number of nitrogens with one attached hydrogen (secondary N) is 3. The highest BCUT2D eigenvalue weighted by Gasteiger charge is 2.11. The maximum atomic E-state index is 11.9. The van der Waals surface area contributed by atoms with Gasteiger partial charge in [0.1, 0.15) is 5.75 Å². The van der Waals surface area contributed by atoms with Gasteiger partial charge in [-0.2, -0.15) is 10.2 Å². The number of carbonyl (C=O) groups excluding carboxylic acids is 2. The first kappa shape index (κ1) is 19.7. The smallest absolute Gasteiger partial charge is 0.329 e. The summed E-state index contributed by atoms with van der Waals surface area (Å²) in [4.78, 5) is 31.7. The lowest BCUT2D eigenvalue weighted by Crippen LogP contribution is -2.43. The van der Waals surface area contributed by atoms with E-state index in [1.165, 1.54) is 0 Å². The van der Waals surface area contributed by atoms with Crippen LogP contribution in [0.15, 0.2) is 30.3 Å². The monoisotopic (exact) mass is 368 g/mol. The lowest BCUT2D eigenvalue weighted by Gasteiger charge is -2.10. The third kappa shape index (κ3) is 6.62. The van der Waals surface area contributed by atoms with Crippen LogP contribution in [-0.2, 0) is 0 Å². The Bertz CT molecular complexity index is 858. The molecule has 0 aliphatic rings. The Balaban J connectivity index is 2.00. The van der Waals surface area contributed by atoms with Gasteiger partial charge in [-0.05, 0) is 37.1 Å². The number of hydrogen-bond donors (Lipinski definition) is 3. The number of nitriles is 1. The molecule has 0 unspecified atom stereocenters. The molecule has 0 saturated carbocycles. The van der Waals surface area contributed by atoms with Crippen molar-refractivity contribution in [1.29, 1.82) is 5.26 Å². The number of aromatic nitrogens is 2. The minimum absolute atomic E-state index is 0.00666. The van der Waals surface area contributed by atoms with Crippen LogP contribution in [0.3, 0.4) is 0 Å². The van der Waals surface area contributed by atoms with Crippen LogP contribution >= 0.6 is 0 Å². The summed E-state index contributed by atoms with van der Waals surface area (Å²) < 4.78 is 5.62. The van der Waals surface area contributed by atoms with E-state index in [4.69, 9.17) is 10.00 Å². The summed E-state index contributed by atoms with van der Waals surface area (Å²) in [6.45, 7) is 6.04. The second-order valence-electron chi connectivity index (χ2n) is 6.09. The van der Waals surface area contributed by atoms with Gasteiger partial charge in [-0.3, -0.25) is 10.6 Å². The number of urea groups is 2. The zero-order valence-electron chi connectivity index (χ0n) is 15.2. The lowest BCUT2D eigenvalue weighted by molar-refractivity contribution is 0.232. The number of aryl methyl sites for hydroxylation is 1. The first-order valence-corrected chi connectivity index (χ1v) is 8.25. The van der Waals surface area contributed by atoms with Gasteiger partial charge in [0.2, 0.25) is 11.8 Å². The number of anilines is 1. The Hall–Kier alpha value is -3.67. The fraction of sp³-hybridized carbons (Fsp3) is 0.278. The maximum absolute atomic E-state index is 11.9.